The first-order chi connectivity index (χ1) is 7.85. The summed E-state index contributed by atoms with van der Waals surface area (Å²) in [5.41, 5.74) is -0.353. The number of hydrogen-bond acceptors (Lipinski definition) is 4. The van der Waals surface area contributed by atoms with Gasteiger partial charge < -0.3 is 19.9 Å². The maximum Gasteiger partial charge on any atom is 0.407 e. The van der Waals surface area contributed by atoms with Gasteiger partial charge in [-0.05, 0) is 32.6 Å². The number of carbonyl (C=O) groups excluding carboxylic acids is 1. The van der Waals surface area contributed by atoms with Crippen LogP contribution >= 0.6 is 0 Å². The lowest BCUT2D eigenvalue weighted by Crippen LogP contribution is -2.50. The Hall–Kier alpha value is -1.30. The zero-order chi connectivity index (χ0) is 13.1. The lowest BCUT2D eigenvalue weighted by atomic mass is 9.83. The lowest BCUT2D eigenvalue weighted by molar-refractivity contribution is -0.144. The molecule has 0 radical (unpaired) electrons. The van der Waals surface area contributed by atoms with Crippen molar-refractivity contribution in [2.24, 2.45) is 5.92 Å². The molecule has 6 nitrogen and oxygen atoms in total. The molecule has 0 saturated carbocycles. The number of ether oxygens (including phenoxy) is 2. The van der Waals surface area contributed by atoms with Crippen LogP contribution in [0.15, 0.2) is 0 Å². The number of carbonyl (C=O) groups is 2. The minimum atomic E-state index is -1.04. The highest BCUT2D eigenvalue weighted by Gasteiger charge is 2.37. The highest BCUT2D eigenvalue weighted by Crippen LogP contribution is 2.30. The van der Waals surface area contributed by atoms with E-state index in [0.717, 1.165) is 0 Å². The first kappa shape index (κ1) is 13.8. The number of methoxy groups -OCH3 is 1. The second-order valence-corrected chi connectivity index (χ2v) is 4.81. The molecule has 2 atom stereocenters. The topological polar surface area (TPSA) is 84.9 Å². The molecule has 1 aliphatic rings. The molecule has 1 aliphatic heterocycles. The highest BCUT2D eigenvalue weighted by molar-refractivity contribution is 5.80. The maximum absolute atomic E-state index is 11.2. The van der Waals surface area contributed by atoms with E-state index in [9.17, 15) is 9.59 Å². The van der Waals surface area contributed by atoms with E-state index in [0.29, 0.717) is 19.4 Å². The molecule has 0 aliphatic carbocycles. The van der Waals surface area contributed by atoms with Crippen LogP contribution in [0.25, 0.3) is 0 Å². The summed E-state index contributed by atoms with van der Waals surface area (Å²) >= 11 is 0. The highest BCUT2D eigenvalue weighted by atomic mass is 16.5. The van der Waals surface area contributed by atoms with E-state index in [1.165, 1.54) is 7.11 Å². The first-order valence-corrected chi connectivity index (χ1v) is 5.57. The van der Waals surface area contributed by atoms with E-state index in [-0.39, 0.29) is 11.5 Å². The van der Waals surface area contributed by atoms with Gasteiger partial charge in [0.2, 0.25) is 0 Å². The van der Waals surface area contributed by atoms with Crippen molar-refractivity contribution in [3.05, 3.63) is 0 Å². The molecule has 0 aromatic rings. The number of hydrogen-bond donors (Lipinski definition) is 2. The fourth-order valence-electron chi connectivity index (χ4n) is 2.13. The fraction of sp³-hybridized carbons (Fsp3) is 0.818. The molecule has 1 heterocycles. The second kappa shape index (κ2) is 5.35. The van der Waals surface area contributed by atoms with Crippen LogP contribution in [0.2, 0.25) is 0 Å². The molecular formula is C11H19NO5. The predicted octanol–water partition coefficient (Wildman–Crippen LogP) is 1.00. The zero-order valence-electron chi connectivity index (χ0n) is 10.4. The molecule has 6 heteroatoms. The normalized spacial score (nSPS) is 24.8. The van der Waals surface area contributed by atoms with Crippen molar-refractivity contribution in [2.75, 3.05) is 13.7 Å². The van der Waals surface area contributed by atoms with Crippen molar-refractivity contribution >= 4 is 12.1 Å². The summed E-state index contributed by atoms with van der Waals surface area (Å²) < 4.78 is 9.95. The van der Waals surface area contributed by atoms with Crippen LogP contribution in [0.5, 0.6) is 0 Å². The van der Waals surface area contributed by atoms with E-state index in [1.54, 1.807) is 0 Å². The molecule has 1 fully saturated rings. The Morgan fingerprint density at radius 1 is 1.53 bits per heavy atom. The van der Waals surface area contributed by atoms with Gasteiger partial charge in [0.1, 0.15) is 6.04 Å². The average Bonchev–Trinajstić information content (AvgIpc) is 2.23. The van der Waals surface area contributed by atoms with Crippen molar-refractivity contribution in [1.82, 2.24) is 5.32 Å². The summed E-state index contributed by atoms with van der Waals surface area (Å²) in [7, 11) is 1.21. The van der Waals surface area contributed by atoms with Crippen LogP contribution in [-0.2, 0) is 14.3 Å². The molecule has 17 heavy (non-hydrogen) atoms. The molecule has 0 aromatic heterocycles. The minimum Gasteiger partial charge on any atom is -0.480 e. The largest absolute Gasteiger partial charge is 0.480 e. The van der Waals surface area contributed by atoms with Crippen LogP contribution in [-0.4, -0.2) is 42.5 Å². The molecule has 98 valence electrons. The Bertz CT molecular complexity index is 302. The second-order valence-electron chi connectivity index (χ2n) is 4.81. The molecule has 0 bridgehead atoms. The number of amides is 1. The number of aliphatic carboxylic acids is 1. The van der Waals surface area contributed by atoms with Crippen LogP contribution in [0, 0.1) is 5.92 Å². The van der Waals surface area contributed by atoms with Gasteiger partial charge >= 0.3 is 12.1 Å². The summed E-state index contributed by atoms with van der Waals surface area (Å²) in [5.74, 6) is -1.19. The van der Waals surface area contributed by atoms with Crippen LogP contribution in [0.3, 0.4) is 0 Å². The lowest BCUT2D eigenvalue weighted by Gasteiger charge is -2.37. The summed E-state index contributed by atoms with van der Waals surface area (Å²) in [4.78, 5) is 22.3. The third kappa shape index (κ3) is 3.89. The molecule has 0 spiro atoms. The SMILES string of the molecule is COC(=O)N[C@H](C(=O)O)[C@H]1CCOC(C)(C)C1. The number of rotatable bonds is 3. The van der Waals surface area contributed by atoms with Gasteiger partial charge in [-0.25, -0.2) is 9.59 Å². The molecule has 1 amide bonds. The number of alkyl carbamates (subject to hydrolysis) is 1. The van der Waals surface area contributed by atoms with Gasteiger partial charge in [0.15, 0.2) is 0 Å². The van der Waals surface area contributed by atoms with Crippen molar-refractivity contribution in [2.45, 2.75) is 38.3 Å². The van der Waals surface area contributed by atoms with Crippen LogP contribution in [0.1, 0.15) is 26.7 Å². The van der Waals surface area contributed by atoms with Gasteiger partial charge in [-0.3, -0.25) is 0 Å². The van der Waals surface area contributed by atoms with E-state index >= 15 is 0 Å². The van der Waals surface area contributed by atoms with Gasteiger partial charge in [0.25, 0.3) is 0 Å². The quantitative estimate of drug-likeness (QED) is 0.774. The Kier molecular flexibility index (Phi) is 4.34. The van der Waals surface area contributed by atoms with E-state index in [1.807, 2.05) is 13.8 Å². The first-order valence-electron chi connectivity index (χ1n) is 5.57. The molecule has 0 unspecified atom stereocenters. The number of carboxylic acids is 1. The van der Waals surface area contributed by atoms with Gasteiger partial charge in [0.05, 0.1) is 12.7 Å². The number of nitrogens with one attached hydrogen (secondary N) is 1. The van der Waals surface area contributed by atoms with Crippen LogP contribution in [0.4, 0.5) is 4.79 Å². The maximum atomic E-state index is 11.2. The Morgan fingerprint density at radius 3 is 2.65 bits per heavy atom. The predicted molar refractivity (Wildman–Crippen MR) is 59.7 cm³/mol. The minimum absolute atomic E-state index is 0.143. The van der Waals surface area contributed by atoms with Gasteiger partial charge in [-0.2, -0.15) is 0 Å². The fourth-order valence-corrected chi connectivity index (χ4v) is 2.13. The third-order valence-electron chi connectivity index (χ3n) is 2.93. The molecular weight excluding hydrogens is 226 g/mol. The monoisotopic (exact) mass is 245 g/mol. The van der Waals surface area contributed by atoms with Crippen molar-refractivity contribution < 1.29 is 24.2 Å². The van der Waals surface area contributed by atoms with E-state index in [2.05, 4.69) is 10.1 Å². The molecule has 1 saturated heterocycles. The summed E-state index contributed by atoms with van der Waals surface area (Å²) in [6.45, 7) is 4.33. The Labute approximate surface area is 100 Å². The summed E-state index contributed by atoms with van der Waals surface area (Å²) in [6.07, 6.45) is 0.486. The van der Waals surface area contributed by atoms with E-state index < -0.39 is 18.1 Å². The third-order valence-corrected chi connectivity index (χ3v) is 2.93. The molecule has 1 rings (SSSR count). The Balaban J connectivity index is 2.70. The van der Waals surface area contributed by atoms with Crippen molar-refractivity contribution in [3.8, 4) is 0 Å². The summed E-state index contributed by atoms with van der Waals surface area (Å²) in [5, 5.41) is 11.5. The smallest absolute Gasteiger partial charge is 0.407 e. The van der Waals surface area contributed by atoms with Gasteiger partial charge in [-0.1, -0.05) is 0 Å². The van der Waals surface area contributed by atoms with Crippen molar-refractivity contribution in [1.29, 1.82) is 0 Å². The summed E-state index contributed by atoms with van der Waals surface area (Å²) in [6, 6.07) is -0.925. The van der Waals surface area contributed by atoms with Crippen LogP contribution < -0.4 is 5.32 Å². The number of carboxylic acid groups (broad SMARTS) is 1. The van der Waals surface area contributed by atoms with E-state index in [4.69, 9.17) is 9.84 Å². The zero-order valence-corrected chi connectivity index (χ0v) is 10.4. The van der Waals surface area contributed by atoms with Crippen molar-refractivity contribution in [3.63, 3.8) is 0 Å². The van der Waals surface area contributed by atoms with Gasteiger partial charge in [0, 0.05) is 6.61 Å². The van der Waals surface area contributed by atoms with Gasteiger partial charge in [-0.15, -0.1) is 0 Å². The molecule has 0 aromatic carbocycles. The molecule has 2 N–H and O–H groups in total. The Morgan fingerprint density at radius 2 is 2.18 bits per heavy atom. The average molecular weight is 245 g/mol. The standard InChI is InChI=1S/C11H19NO5/c1-11(2)6-7(4-5-17-11)8(9(13)14)12-10(15)16-3/h7-8H,4-6H2,1-3H3,(H,12,15)(H,13,14)/t7-,8-/m0/s1.